The van der Waals surface area contributed by atoms with Crippen molar-refractivity contribution in [3.8, 4) is 17.0 Å². The molecule has 0 spiro atoms. The number of ether oxygens (including phenoxy) is 1. The maximum absolute atomic E-state index is 13.3. The summed E-state index contributed by atoms with van der Waals surface area (Å²) in [5.74, 6) is 1.10. The first-order chi connectivity index (χ1) is 15.6. The smallest absolute Gasteiger partial charge is 0.254 e. The predicted octanol–water partition coefficient (Wildman–Crippen LogP) is 5.09. The zero-order valence-corrected chi connectivity index (χ0v) is 17.7. The van der Waals surface area contributed by atoms with Crippen LogP contribution in [0.2, 0.25) is 0 Å². The van der Waals surface area contributed by atoms with Gasteiger partial charge in [0.1, 0.15) is 17.3 Å². The van der Waals surface area contributed by atoms with Gasteiger partial charge in [-0.05, 0) is 66.8 Å². The minimum Gasteiger partial charge on any atom is -0.458 e. The van der Waals surface area contributed by atoms with Gasteiger partial charge in [-0.25, -0.2) is 4.39 Å². The molecule has 0 N–H and O–H groups in total. The molecule has 32 heavy (non-hydrogen) atoms. The molecule has 1 amide bonds. The van der Waals surface area contributed by atoms with Crippen molar-refractivity contribution in [2.45, 2.75) is 19.9 Å². The Morgan fingerprint density at radius 1 is 1.22 bits per heavy atom. The van der Waals surface area contributed by atoms with E-state index in [0.717, 1.165) is 34.4 Å². The molecule has 0 saturated heterocycles. The van der Waals surface area contributed by atoms with Crippen LogP contribution in [0.5, 0.6) is 5.75 Å². The number of carbonyl (C=O) groups is 1. The number of rotatable bonds is 5. The minimum absolute atomic E-state index is 0.0717. The van der Waals surface area contributed by atoms with Crippen molar-refractivity contribution in [3.05, 3.63) is 101 Å². The highest BCUT2D eigenvalue weighted by molar-refractivity contribution is 6.00. The third-order valence-electron chi connectivity index (χ3n) is 5.78. The first-order valence-electron chi connectivity index (χ1n) is 10.6. The second-order valence-corrected chi connectivity index (χ2v) is 8.12. The summed E-state index contributed by atoms with van der Waals surface area (Å²) >= 11 is 0. The first-order valence-corrected chi connectivity index (χ1v) is 10.6. The summed E-state index contributed by atoms with van der Waals surface area (Å²) in [6.45, 7) is 3.19. The maximum Gasteiger partial charge on any atom is 0.254 e. The summed E-state index contributed by atoms with van der Waals surface area (Å²) in [5.41, 5.74) is 4.56. The van der Waals surface area contributed by atoms with E-state index in [-0.39, 0.29) is 17.6 Å². The Balaban J connectivity index is 1.26. The van der Waals surface area contributed by atoms with E-state index in [4.69, 9.17) is 4.74 Å². The van der Waals surface area contributed by atoms with Gasteiger partial charge >= 0.3 is 0 Å². The SMILES string of the molecule is Cc1cc(-c2cnccn2)cc2c1C(=O)N(CC1C=CC(Oc3cccc(F)c3)=CC1)C2. The third kappa shape index (κ3) is 4.04. The van der Waals surface area contributed by atoms with E-state index in [1.165, 1.54) is 12.1 Å². The molecule has 2 heterocycles. The van der Waals surface area contributed by atoms with Gasteiger partial charge in [0, 0.05) is 42.7 Å². The van der Waals surface area contributed by atoms with Crippen LogP contribution in [-0.2, 0) is 6.54 Å². The summed E-state index contributed by atoms with van der Waals surface area (Å²) in [4.78, 5) is 23.5. The van der Waals surface area contributed by atoms with E-state index in [1.54, 1.807) is 30.7 Å². The van der Waals surface area contributed by atoms with E-state index >= 15 is 0 Å². The van der Waals surface area contributed by atoms with E-state index in [0.29, 0.717) is 24.6 Å². The quantitative estimate of drug-likeness (QED) is 0.569. The summed E-state index contributed by atoms with van der Waals surface area (Å²) < 4.78 is 19.1. The maximum atomic E-state index is 13.3. The molecule has 3 aromatic rings. The molecule has 0 bridgehead atoms. The number of benzene rings is 2. The van der Waals surface area contributed by atoms with Crippen LogP contribution in [0.15, 0.2) is 79.0 Å². The molecule has 5 nitrogen and oxygen atoms in total. The van der Waals surface area contributed by atoms with Crippen LogP contribution >= 0.6 is 0 Å². The Hall–Kier alpha value is -3.80. The lowest BCUT2D eigenvalue weighted by molar-refractivity contribution is 0.0761. The van der Waals surface area contributed by atoms with Gasteiger partial charge in [-0.15, -0.1) is 0 Å². The van der Waals surface area contributed by atoms with Gasteiger partial charge in [0.2, 0.25) is 0 Å². The number of aryl methyl sites for hydroxylation is 1. The molecular formula is C26H22FN3O2. The molecular weight excluding hydrogens is 405 g/mol. The molecule has 2 aliphatic rings. The van der Waals surface area contributed by atoms with Gasteiger partial charge in [-0.2, -0.15) is 0 Å². The molecule has 1 aromatic heterocycles. The van der Waals surface area contributed by atoms with E-state index in [2.05, 4.69) is 16.0 Å². The second-order valence-electron chi connectivity index (χ2n) is 8.12. The third-order valence-corrected chi connectivity index (χ3v) is 5.78. The van der Waals surface area contributed by atoms with Crippen LogP contribution in [-0.4, -0.2) is 27.3 Å². The Morgan fingerprint density at radius 3 is 2.88 bits per heavy atom. The zero-order chi connectivity index (χ0) is 22.1. The van der Waals surface area contributed by atoms with Crippen molar-refractivity contribution in [3.63, 3.8) is 0 Å². The Labute approximate surface area is 185 Å². The molecule has 1 aliphatic carbocycles. The molecule has 6 heteroatoms. The van der Waals surface area contributed by atoms with Crippen molar-refractivity contribution in [1.82, 2.24) is 14.9 Å². The normalized spacial score (nSPS) is 17.3. The number of nitrogens with zero attached hydrogens (tertiary/aromatic N) is 3. The van der Waals surface area contributed by atoms with Crippen LogP contribution in [0.4, 0.5) is 4.39 Å². The van der Waals surface area contributed by atoms with Crippen molar-refractivity contribution in [1.29, 1.82) is 0 Å². The molecule has 1 atom stereocenters. The topological polar surface area (TPSA) is 55.3 Å². The van der Waals surface area contributed by atoms with Crippen LogP contribution in [0.1, 0.15) is 27.9 Å². The van der Waals surface area contributed by atoms with Gasteiger partial charge in [-0.1, -0.05) is 12.1 Å². The predicted molar refractivity (Wildman–Crippen MR) is 119 cm³/mol. The number of aromatic nitrogens is 2. The fraction of sp³-hybridized carbons (Fsp3) is 0.192. The monoisotopic (exact) mass is 427 g/mol. The lowest BCUT2D eigenvalue weighted by atomic mass is 9.99. The van der Waals surface area contributed by atoms with Gasteiger partial charge in [0.15, 0.2) is 0 Å². The molecule has 1 aliphatic heterocycles. The fourth-order valence-electron chi connectivity index (χ4n) is 4.28. The lowest BCUT2D eigenvalue weighted by Gasteiger charge is -2.23. The number of amides is 1. The number of hydrogen-bond acceptors (Lipinski definition) is 4. The molecule has 0 saturated carbocycles. The fourth-order valence-corrected chi connectivity index (χ4v) is 4.28. The highest BCUT2D eigenvalue weighted by Gasteiger charge is 2.31. The van der Waals surface area contributed by atoms with Gasteiger partial charge in [-0.3, -0.25) is 14.8 Å². The molecule has 1 unspecified atom stereocenters. The van der Waals surface area contributed by atoms with E-state index < -0.39 is 0 Å². The van der Waals surface area contributed by atoms with E-state index in [9.17, 15) is 9.18 Å². The largest absolute Gasteiger partial charge is 0.458 e. The molecule has 0 radical (unpaired) electrons. The minimum atomic E-state index is -0.328. The van der Waals surface area contributed by atoms with Crippen molar-refractivity contribution in [2.75, 3.05) is 6.54 Å². The number of carbonyl (C=O) groups excluding carboxylic acids is 1. The Morgan fingerprint density at radius 2 is 2.12 bits per heavy atom. The molecule has 5 rings (SSSR count). The van der Waals surface area contributed by atoms with Crippen LogP contribution < -0.4 is 4.74 Å². The highest BCUT2D eigenvalue weighted by atomic mass is 19.1. The van der Waals surface area contributed by atoms with E-state index in [1.807, 2.05) is 36.1 Å². The number of fused-ring (bicyclic) bond motifs is 1. The molecule has 0 fully saturated rings. The van der Waals surface area contributed by atoms with Gasteiger partial charge in [0.25, 0.3) is 5.91 Å². The molecule has 2 aromatic carbocycles. The van der Waals surface area contributed by atoms with Crippen LogP contribution in [0, 0.1) is 18.7 Å². The summed E-state index contributed by atoms with van der Waals surface area (Å²) in [6, 6.07) is 10.1. The summed E-state index contributed by atoms with van der Waals surface area (Å²) in [6.07, 6.45) is 11.7. The van der Waals surface area contributed by atoms with Crippen LogP contribution in [0.25, 0.3) is 11.3 Å². The zero-order valence-electron chi connectivity index (χ0n) is 17.7. The summed E-state index contributed by atoms with van der Waals surface area (Å²) in [7, 11) is 0. The van der Waals surface area contributed by atoms with Gasteiger partial charge in [0.05, 0.1) is 11.9 Å². The standard InChI is InChI=1S/C26H22FN3O2/c1-17-11-19(24-14-28-9-10-29-24)12-20-16-30(26(31)25(17)20)15-18-5-7-22(8-6-18)32-23-4-2-3-21(27)13-23/h2-5,7-14,18H,6,15-16H2,1H3. The number of halogens is 1. The summed E-state index contributed by atoms with van der Waals surface area (Å²) in [5, 5.41) is 0. The Bertz CT molecular complexity index is 1240. The molecule has 160 valence electrons. The Kier molecular flexibility index (Phi) is 5.27. The van der Waals surface area contributed by atoms with Crippen molar-refractivity contribution in [2.24, 2.45) is 5.92 Å². The highest BCUT2D eigenvalue weighted by Crippen LogP contribution is 2.32. The average molecular weight is 427 g/mol. The van der Waals surface area contributed by atoms with Gasteiger partial charge < -0.3 is 9.64 Å². The number of hydrogen-bond donors (Lipinski definition) is 0. The van der Waals surface area contributed by atoms with Crippen LogP contribution in [0.3, 0.4) is 0 Å². The average Bonchev–Trinajstić information content (AvgIpc) is 3.11. The number of allylic oxidation sites excluding steroid dienone is 2. The lowest BCUT2D eigenvalue weighted by Crippen LogP contribution is -2.29. The van der Waals surface area contributed by atoms with Crippen molar-refractivity contribution < 1.29 is 13.9 Å². The van der Waals surface area contributed by atoms with Crippen molar-refractivity contribution >= 4 is 5.91 Å². The second kappa shape index (κ2) is 8.38. The first kappa shape index (κ1) is 20.1.